The molecule has 0 heterocycles. The minimum Gasteiger partial charge on any atom is -0.393 e. The Hall–Kier alpha value is -0.0800. The fourth-order valence-electron chi connectivity index (χ4n) is 20.2. The summed E-state index contributed by atoms with van der Waals surface area (Å²) in [6.07, 6.45) is 39.3. The van der Waals surface area contributed by atoms with Crippen LogP contribution in [-0.4, -0.2) is 22.4 Å². The lowest BCUT2D eigenvalue weighted by molar-refractivity contribution is -0.155. The summed E-state index contributed by atoms with van der Waals surface area (Å²) >= 11 is 0. The van der Waals surface area contributed by atoms with Crippen molar-refractivity contribution in [2.24, 2.45) is 105 Å². The third-order valence-corrected chi connectivity index (χ3v) is 23.1. The van der Waals surface area contributed by atoms with Gasteiger partial charge < -0.3 is 10.2 Å². The van der Waals surface area contributed by atoms with Crippen LogP contribution in [0.5, 0.6) is 0 Å². The van der Waals surface area contributed by atoms with Crippen molar-refractivity contribution in [3.05, 3.63) is 0 Å². The van der Waals surface area contributed by atoms with Crippen LogP contribution in [0.1, 0.15) is 221 Å². The molecular formula is C54H92O2. The van der Waals surface area contributed by atoms with E-state index in [0.29, 0.717) is 21.7 Å². The van der Waals surface area contributed by atoms with Gasteiger partial charge in [-0.2, -0.15) is 0 Å². The zero-order valence-electron chi connectivity index (χ0n) is 37.9. The molecule has 0 aromatic heterocycles. The van der Waals surface area contributed by atoms with Gasteiger partial charge in [-0.15, -0.1) is 0 Å². The van der Waals surface area contributed by atoms with Crippen LogP contribution < -0.4 is 0 Å². The number of hydrogen-bond donors (Lipinski definition) is 2. The molecule has 0 saturated heterocycles. The molecule has 0 aliphatic heterocycles. The molecule has 0 spiro atoms. The van der Waals surface area contributed by atoms with Crippen LogP contribution in [0.15, 0.2) is 0 Å². The predicted molar refractivity (Wildman–Crippen MR) is 234 cm³/mol. The standard InChI is InChI=1S/C54H92O2/c1-35-15-11-7-9-13-17-38-32-40-34-42(56)24-28-52(40,4)48-26-30-54(6)44(20-22-46(54)50(38)48)36(2)16-12-8-10-14-18-37-31-39-33-41(55)23-27-51(39,3)47-25-29-53(5)43(35)19-21-45(53)49(37)47/h35-50,55-56H,7-34H2,1-6H3/t35-,36-,37+,38+,39?,40?,41-,42-,43-,44-,45+,46+,47+,48+,49+,50+,51+,52+,53-,54-/m1/s1. The molecule has 2 N–H and O–H groups in total. The quantitative estimate of drug-likeness (QED) is 0.257. The number of aliphatic hydroxyl groups is 2. The fraction of sp³-hybridized carbons (Fsp3) is 1.00. The van der Waals surface area contributed by atoms with Gasteiger partial charge >= 0.3 is 0 Å². The summed E-state index contributed by atoms with van der Waals surface area (Å²) in [5.74, 6) is 12.7. The highest BCUT2D eigenvalue weighted by Crippen LogP contribution is 2.72. The van der Waals surface area contributed by atoms with Gasteiger partial charge in [-0.25, -0.2) is 0 Å². The van der Waals surface area contributed by atoms with E-state index in [9.17, 15) is 10.2 Å². The Kier molecular flexibility index (Phi) is 11.8. The maximum Gasteiger partial charge on any atom is 0.0543 e. The van der Waals surface area contributed by atoms with Crippen molar-refractivity contribution in [2.75, 3.05) is 0 Å². The zero-order chi connectivity index (χ0) is 39.0. The molecule has 2 heteroatoms. The van der Waals surface area contributed by atoms with Crippen LogP contribution in [0.3, 0.4) is 0 Å². The Morgan fingerprint density at radius 1 is 0.339 bits per heavy atom. The van der Waals surface area contributed by atoms with Crippen LogP contribution in [0.2, 0.25) is 0 Å². The van der Waals surface area contributed by atoms with Crippen LogP contribution >= 0.6 is 0 Å². The first kappa shape index (κ1) is 41.3. The highest BCUT2D eigenvalue weighted by Gasteiger charge is 2.64. The van der Waals surface area contributed by atoms with E-state index in [2.05, 4.69) is 41.5 Å². The third kappa shape index (κ3) is 6.90. The molecular weight excluding hydrogens is 681 g/mol. The topological polar surface area (TPSA) is 40.5 Å². The fourth-order valence-corrected chi connectivity index (χ4v) is 20.2. The minimum atomic E-state index is -0.0362. The lowest BCUT2D eigenvalue weighted by Crippen LogP contribution is -2.57. The van der Waals surface area contributed by atoms with Crippen molar-refractivity contribution in [3.8, 4) is 0 Å². The number of aliphatic hydroxyl groups excluding tert-OH is 2. The predicted octanol–water partition coefficient (Wildman–Crippen LogP) is 14.4. The molecule has 0 aromatic carbocycles. The molecule has 0 aromatic rings. The summed E-state index contributed by atoms with van der Waals surface area (Å²) in [6, 6.07) is 0. The Morgan fingerprint density at radius 2 is 0.679 bits per heavy atom. The molecule has 2 unspecified atom stereocenters. The maximum absolute atomic E-state index is 10.9. The molecule has 9 aliphatic carbocycles. The van der Waals surface area contributed by atoms with Crippen molar-refractivity contribution in [3.63, 3.8) is 0 Å². The number of hydrogen-bond acceptors (Lipinski definition) is 2. The largest absolute Gasteiger partial charge is 0.393 e. The van der Waals surface area contributed by atoms with Crippen molar-refractivity contribution >= 4 is 0 Å². The molecule has 9 rings (SSSR count). The monoisotopic (exact) mass is 773 g/mol. The van der Waals surface area contributed by atoms with Crippen LogP contribution in [-0.2, 0) is 0 Å². The number of rotatable bonds is 0. The van der Waals surface area contributed by atoms with E-state index in [1.54, 1.807) is 0 Å². The molecule has 320 valence electrons. The van der Waals surface area contributed by atoms with Gasteiger partial charge in [-0.1, -0.05) is 119 Å². The van der Waals surface area contributed by atoms with Crippen molar-refractivity contribution in [1.82, 2.24) is 0 Å². The molecule has 0 radical (unpaired) electrons. The van der Waals surface area contributed by atoms with Crippen LogP contribution in [0.4, 0.5) is 0 Å². The first-order valence-corrected chi connectivity index (χ1v) is 26.2. The highest BCUT2D eigenvalue weighted by atomic mass is 16.3. The normalized spacial score (nSPS) is 57.0. The van der Waals surface area contributed by atoms with Gasteiger partial charge in [0.15, 0.2) is 0 Å². The van der Waals surface area contributed by atoms with Gasteiger partial charge in [0.05, 0.1) is 12.2 Å². The maximum atomic E-state index is 10.9. The smallest absolute Gasteiger partial charge is 0.0543 e. The van der Waals surface area contributed by atoms with Crippen molar-refractivity contribution in [1.29, 1.82) is 0 Å². The zero-order valence-corrected chi connectivity index (χ0v) is 37.9. The molecule has 2 nitrogen and oxygen atoms in total. The molecule has 0 amide bonds. The van der Waals surface area contributed by atoms with E-state index in [-0.39, 0.29) is 12.2 Å². The molecule has 56 heavy (non-hydrogen) atoms. The Balaban J connectivity index is 0.933. The van der Waals surface area contributed by atoms with E-state index in [1.165, 1.54) is 154 Å². The van der Waals surface area contributed by atoms with Crippen LogP contribution in [0.25, 0.3) is 0 Å². The molecule has 9 aliphatic rings. The molecule has 9 saturated carbocycles. The Bertz CT molecular complexity index is 1240. The van der Waals surface area contributed by atoms with Gasteiger partial charge in [-0.3, -0.25) is 0 Å². The Labute approximate surface area is 347 Å². The summed E-state index contributed by atoms with van der Waals surface area (Å²) in [5.41, 5.74) is 2.09. The average molecular weight is 773 g/mol. The second-order valence-electron chi connectivity index (χ2n) is 25.2. The average Bonchev–Trinajstić information content (AvgIpc) is 3.71. The second-order valence-corrected chi connectivity index (χ2v) is 25.2. The first-order valence-electron chi connectivity index (χ1n) is 26.2. The third-order valence-electron chi connectivity index (χ3n) is 23.1. The first-order chi connectivity index (χ1) is 26.9. The van der Waals surface area contributed by atoms with E-state index in [4.69, 9.17) is 0 Å². The van der Waals surface area contributed by atoms with E-state index < -0.39 is 0 Å². The van der Waals surface area contributed by atoms with Gasteiger partial charge in [-0.05, 0) is 207 Å². The van der Waals surface area contributed by atoms with Gasteiger partial charge in [0.25, 0.3) is 0 Å². The summed E-state index contributed by atoms with van der Waals surface area (Å²) in [7, 11) is 0. The summed E-state index contributed by atoms with van der Waals surface area (Å²) in [6.45, 7) is 16.5. The summed E-state index contributed by atoms with van der Waals surface area (Å²) in [5, 5.41) is 21.8. The second kappa shape index (κ2) is 16.0. The molecule has 20 atom stereocenters. The molecule has 8 bridgehead atoms. The SMILES string of the molecule is C[C@@H]1CCCCCC[C@H]2CC3C[C@H](O)CC[C@]3(C)[C@H]3CC[C@]4(C)[C@H](CC[C@H]4[C@H]23)[C@H](C)CCCCCC[C@H]2CC3C[C@H](O)CC[C@]3(C)[C@H]3CC[C@]4(C)[C@@H]1CC[C@H]4[C@H]23. The lowest BCUT2D eigenvalue weighted by atomic mass is 9.42. The van der Waals surface area contributed by atoms with Gasteiger partial charge in [0.2, 0.25) is 0 Å². The van der Waals surface area contributed by atoms with Gasteiger partial charge in [0, 0.05) is 0 Å². The van der Waals surface area contributed by atoms with Crippen molar-refractivity contribution < 1.29 is 10.2 Å². The summed E-state index contributed by atoms with van der Waals surface area (Å²) < 4.78 is 0. The highest BCUT2D eigenvalue weighted by molar-refractivity contribution is 5.13. The summed E-state index contributed by atoms with van der Waals surface area (Å²) in [4.78, 5) is 0. The minimum absolute atomic E-state index is 0.0362. The van der Waals surface area contributed by atoms with E-state index in [1.807, 2.05) is 0 Å². The van der Waals surface area contributed by atoms with Gasteiger partial charge in [0.1, 0.15) is 0 Å². The Morgan fingerprint density at radius 3 is 1.09 bits per heavy atom. The van der Waals surface area contributed by atoms with E-state index >= 15 is 0 Å². The van der Waals surface area contributed by atoms with Crippen LogP contribution in [0, 0.1) is 105 Å². The van der Waals surface area contributed by atoms with E-state index in [0.717, 1.165) is 109 Å². The lowest BCUT2D eigenvalue weighted by Gasteiger charge is -2.63. The number of fused-ring (bicyclic) bond motifs is 4. The van der Waals surface area contributed by atoms with Crippen molar-refractivity contribution in [2.45, 2.75) is 234 Å². The molecule has 9 fully saturated rings.